The number of carboxylic acid groups (broad SMARTS) is 1. The van der Waals surface area contributed by atoms with Crippen molar-refractivity contribution in [2.45, 2.75) is 18.9 Å². The summed E-state index contributed by atoms with van der Waals surface area (Å²) in [6.45, 7) is 0.525. The molecule has 0 radical (unpaired) electrons. The first-order valence-corrected chi connectivity index (χ1v) is 9.89. The number of carboxylic acids is 1. The zero-order valence-corrected chi connectivity index (χ0v) is 16.5. The normalized spacial score (nSPS) is 19.2. The van der Waals surface area contributed by atoms with Gasteiger partial charge in [0.25, 0.3) is 0 Å². The summed E-state index contributed by atoms with van der Waals surface area (Å²) in [6.07, 6.45) is 2.44. The van der Waals surface area contributed by atoms with Crippen molar-refractivity contribution in [3.8, 4) is 5.69 Å². The number of hydrogen-bond acceptors (Lipinski definition) is 4. The number of carbonyl (C=O) groups is 1. The Morgan fingerprint density at radius 1 is 1.12 bits per heavy atom. The van der Waals surface area contributed by atoms with Gasteiger partial charge in [-0.3, -0.25) is 4.79 Å². The number of aromatic carboxylic acids is 1. The van der Waals surface area contributed by atoms with Gasteiger partial charge in [0.2, 0.25) is 5.43 Å². The first kappa shape index (κ1) is 20.5. The van der Waals surface area contributed by atoms with Crippen molar-refractivity contribution >= 4 is 22.6 Å². The van der Waals surface area contributed by atoms with Crippen molar-refractivity contribution in [1.82, 2.24) is 4.57 Å². The van der Waals surface area contributed by atoms with E-state index in [0.717, 1.165) is 41.8 Å². The number of nitrogens with zero attached hydrogens (tertiary/aromatic N) is 2. The van der Waals surface area contributed by atoms with Crippen LogP contribution in [0.25, 0.3) is 16.6 Å². The van der Waals surface area contributed by atoms with Crippen LogP contribution in [0.1, 0.15) is 23.2 Å². The lowest BCUT2D eigenvalue weighted by molar-refractivity contribution is 0.0695. The fourth-order valence-electron chi connectivity index (χ4n) is 4.57. The Bertz CT molecular complexity index is 1370. The lowest BCUT2D eigenvalue weighted by atomic mass is 10.0. The first-order chi connectivity index (χ1) is 15.1. The molecule has 2 heterocycles. The van der Waals surface area contributed by atoms with E-state index in [9.17, 15) is 23.5 Å². The SMILES string of the molecule is NC1CN(c2c(F)cc3c(=O)c(C(=O)O)cn(-c4ccc(F)cc4F)c3c2F)CC12CC2. The van der Waals surface area contributed by atoms with Crippen LogP contribution in [-0.4, -0.2) is 34.8 Å². The standard InChI is InChI=1S/C22H17F4N3O3/c23-10-1-2-15(13(24)5-10)29-7-12(21(31)32)20(30)11-6-14(25)19(17(26)18(11)29)28-8-16(27)22(9-28)3-4-22/h1-2,5-7,16H,3-4,8-9,27H2,(H,31,32). The van der Waals surface area contributed by atoms with Crippen LogP contribution in [-0.2, 0) is 0 Å². The van der Waals surface area contributed by atoms with Gasteiger partial charge in [-0.2, -0.15) is 0 Å². The van der Waals surface area contributed by atoms with E-state index in [1.54, 1.807) is 0 Å². The molecule has 2 aromatic carbocycles. The van der Waals surface area contributed by atoms with E-state index in [2.05, 4.69) is 0 Å². The van der Waals surface area contributed by atoms with Gasteiger partial charge in [0.15, 0.2) is 5.82 Å². The van der Waals surface area contributed by atoms with Gasteiger partial charge in [0.1, 0.15) is 28.7 Å². The maximum atomic E-state index is 15.8. The fraction of sp³-hybridized carbons (Fsp3) is 0.273. The Kier molecular flexibility index (Phi) is 4.35. The number of benzene rings is 2. The van der Waals surface area contributed by atoms with E-state index in [1.807, 2.05) is 0 Å². The molecule has 3 aromatic rings. The van der Waals surface area contributed by atoms with E-state index in [-0.39, 0.29) is 18.0 Å². The summed E-state index contributed by atoms with van der Waals surface area (Å²) in [5.41, 5.74) is 2.70. The van der Waals surface area contributed by atoms with E-state index in [0.29, 0.717) is 12.6 Å². The highest BCUT2D eigenvalue weighted by atomic mass is 19.1. The Hall–Kier alpha value is -3.40. The summed E-state index contributed by atoms with van der Waals surface area (Å²) in [7, 11) is 0. The maximum Gasteiger partial charge on any atom is 0.341 e. The van der Waals surface area contributed by atoms with Crippen LogP contribution < -0.4 is 16.1 Å². The molecule has 2 aliphatic rings. The topological polar surface area (TPSA) is 88.6 Å². The second kappa shape index (κ2) is 6.80. The van der Waals surface area contributed by atoms with Gasteiger partial charge in [0, 0.05) is 36.8 Å². The van der Waals surface area contributed by atoms with Gasteiger partial charge in [-0.1, -0.05) is 0 Å². The molecule has 1 saturated heterocycles. The number of hydrogen-bond donors (Lipinski definition) is 2. The van der Waals surface area contributed by atoms with Gasteiger partial charge in [-0.25, -0.2) is 22.4 Å². The highest BCUT2D eigenvalue weighted by Crippen LogP contribution is 2.53. The third kappa shape index (κ3) is 2.89. The Labute approximate surface area is 178 Å². The summed E-state index contributed by atoms with van der Waals surface area (Å²) in [4.78, 5) is 25.7. The molecule has 32 heavy (non-hydrogen) atoms. The minimum Gasteiger partial charge on any atom is -0.477 e. The molecule has 1 saturated carbocycles. The summed E-state index contributed by atoms with van der Waals surface area (Å²) in [5.74, 6) is -5.87. The molecule has 1 atom stereocenters. The lowest BCUT2D eigenvalue weighted by Gasteiger charge is -2.22. The van der Waals surface area contributed by atoms with Crippen LogP contribution in [0.5, 0.6) is 0 Å². The molecule has 6 nitrogen and oxygen atoms in total. The van der Waals surface area contributed by atoms with E-state index >= 15 is 8.78 Å². The quantitative estimate of drug-likeness (QED) is 0.603. The Morgan fingerprint density at radius 3 is 2.44 bits per heavy atom. The average molecular weight is 447 g/mol. The minimum absolute atomic E-state index is 0.196. The molecule has 1 spiro atoms. The zero-order valence-electron chi connectivity index (χ0n) is 16.5. The second-order valence-electron chi connectivity index (χ2n) is 8.41. The molecule has 0 amide bonds. The molecule has 2 fully saturated rings. The van der Waals surface area contributed by atoms with E-state index in [4.69, 9.17) is 5.73 Å². The summed E-state index contributed by atoms with van der Waals surface area (Å²) >= 11 is 0. The highest BCUT2D eigenvalue weighted by Gasteiger charge is 2.54. The number of fused-ring (bicyclic) bond motifs is 1. The summed E-state index contributed by atoms with van der Waals surface area (Å²) < 4.78 is 59.7. The highest BCUT2D eigenvalue weighted by molar-refractivity contribution is 5.94. The van der Waals surface area contributed by atoms with E-state index in [1.165, 1.54) is 4.90 Å². The molecule has 1 aliphatic carbocycles. The van der Waals surface area contributed by atoms with Crippen LogP contribution in [0.3, 0.4) is 0 Å². The first-order valence-electron chi connectivity index (χ1n) is 9.89. The Morgan fingerprint density at radius 2 is 1.84 bits per heavy atom. The molecule has 1 aliphatic heterocycles. The van der Waals surface area contributed by atoms with Crippen LogP contribution in [0.4, 0.5) is 23.2 Å². The molecule has 1 unspecified atom stereocenters. The van der Waals surface area contributed by atoms with Crippen molar-refractivity contribution in [2.24, 2.45) is 11.1 Å². The molecule has 166 valence electrons. The number of pyridine rings is 1. The van der Waals surface area contributed by atoms with Crippen LogP contribution in [0.15, 0.2) is 35.3 Å². The monoisotopic (exact) mass is 447 g/mol. The number of rotatable bonds is 3. The van der Waals surface area contributed by atoms with Crippen molar-refractivity contribution in [1.29, 1.82) is 0 Å². The maximum absolute atomic E-state index is 15.8. The fourth-order valence-corrected chi connectivity index (χ4v) is 4.57. The van der Waals surface area contributed by atoms with Crippen molar-refractivity contribution in [2.75, 3.05) is 18.0 Å². The molecule has 3 N–H and O–H groups in total. The van der Waals surface area contributed by atoms with Crippen LogP contribution >= 0.6 is 0 Å². The Balaban J connectivity index is 1.83. The van der Waals surface area contributed by atoms with Crippen molar-refractivity contribution < 1.29 is 27.5 Å². The molecular formula is C22H17F4N3O3. The van der Waals surface area contributed by atoms with Gasteiger partial charge in [0.05, 0.1) is 16.6 Å². The van der Waals surface area contributed by atoms with Crippen molar-refractivity contribution in [3.63, 3.8) is 0 Å². The zero-order chi connectivity index (χ0) is 22.9. The number of aromatic nitrogens is 1. The third-order valence-electron chi connectivity index (χ3n) is 6.47. The van der Waals surface area contributed by atoms with Crippen LogP contribution in [0, 0.1) is 28.7 Å². The predicted octanol–water partition coefficient (Wildman–Crippen LogP) is 3.17. The predicted molar refractivity (Wildman–Crippen MR) is 108 cm³/mol. The molecule has 0 bridgehead atoms. The smallest absolute Gasteiger partial charge is 0.341 e. The van der Waals surface area contributed by atoms with Gasteiger partial charge >= 0.3 is 5.97 Å². The average Bonchev–Trinajstić information content (AvgIpc) is 3.42. The van der Waals surface area contributed by atoms with Gasteiger partial charge in [-0.15, -0.1) is 0 Å². The van der Waals surface area contributed by atoms with Crippen LogP contribution in [0.2, 0.25) is 0 Å². The summed E-state index contributed by atoms with van der Waals surface area (Å²) in [5, 5.41) is 8.82. The number of halogens is 4. The largest absolute Gasteiger partial charge is 0.477 e. The molecule has 1 aromatic heterocycles. The van der Waals surface area contributed by atoms with Gasteiger partial charge < -0.3 is 20.3 Å². The van der Waals surface area contributed by atoms with E-state index < -0.39 is 62.5 Å². The second-order valence-corrected chi connectivity index (χ2v) is 8.41. The number of nitrogens with two attached hydrogens (primary N) is 1. The minimum atomic E-state index is -1.65. The molecule has 5 rings (SSSR count). The molecular weight excluding hydrogens is 430 g/mol. The number of anilines is 1. The molecule has 10 heteroatoms. The van der Waals surface area contributed by atoms with Crippen molar-refractivity contribution in [3.05, 3.63) is 69.5 Å². The lowest BCUT2D eigenvalue weighted by Crippen LogP contribution is -2.31. The van der Waals surface area contributed by atoms with Gasteiger partial charge in [-0.05, 0) is 31.0 Å². The summed E-state index contributed by atoms with van der Waals surface area (Å²) in [6, 6.07) is 2.90. The third-order valence-corrected chi connectivity index (χ3v) is 6.47.